The molecule has 28 heavy (non-hydrogen) atoms. The van der Waals surface area contributed by atoms with Crippen molar-refractivity contribution in [3.63, 3.8) is 0 Å². The Bertz CT molecular complexity index is 1020. The standard InChI is InChI=1S/C22H23N3O3/c1-14-9-15(2)11-18(10-14)25-21(12-16(3)24-25)23-22(26)17-5-6-19-20(13-17)28-8-4-7-27-19/h5-6,9-13H,4,7-8H2,1-3H3,(H,23,26). The average Bonchev–Trinajstić information content (AvgIpc) is 2.86. The number of aryl methyl sites for hydroxylation is 3. The van der Waals surface area contributed by atoms with Crippen molar-refractivity contribution in [2.24, 2.45) is 0 Å². The summed E-state index contributed by atoms with van der Waals surface area (Å²) >= 11 is 0. The molecule has 1 N–H and O–H groups in total. The van der Waals surface area contributed by atoms with Crippen LogP contribution in [0.3, 0.4) is 0 Å². The van der Waals surface area contributed by atoms with Crippen LogP contribution in [0.4, 0.5) is 5.82 Å². The first-order valence-corrected chi connectivity index (χ1v) is 9.36. The molecule has 4 rings (SSSR count). The molecule has 3 aromatic rings. The van der Waals surface area contributed by atoms with Crippen molar-refractivity contribution in [2.45, 2.75) is 27.2 Å². The van der Waals surface area contributed by atoms with Crippen molar-refractivity contribution in [2.75, 3.05) is 18.5 Å². The number of nitrogens with one attached hydrogen (secondary N) is 1. The maximum Gasteiger partial charge on any atom is 0.256 e. The van der Waals surface area contributed by atoms with Gasteiger partial charge < -0.3 is 14.8 Å². The van der Waals surface area contributed by atoms with Gasteiger partial charge >= 0.3 is 0 Å². The van der Waals surface area contributed by atoms with Crippen molar-refractivity contribution in [3.05, 3.63) is 64.8 Å². The molecule has 0 radical (unpaired) electrons. The Hall–Kier alpha value is -3.28. The molecule has 6 heteroatoms. The molecule has 0 spiro atoms. The minimum absolute atomic E-state index is 0.221. The maximum atomic E-state index is 12.9. The highest BCUT2D eigenvalue weighted by Gasteiger charge is 2.16. The third-order valence-electron chi connectivity index (χ3n) is 4.53. The minimum atomic E-state index is -0.221. The van der Waals surface area contributed by atoms with E-state index in [1.165, 1.54) is 0 Å². The Kier molecular flexibility index (Phi) is 4.77. The molecule has 0 atom stereocenters. The quantitative estimate of drug-likeness (QED) is 0.742. The normalized spacial score (nSPS) is 13.1. The highest BCUT2D eigenvalue weighted by Crippen LogP contribution is 2.31. The van der Waals surface area contributed by atoms with Crippen LogP contribution < -0.4 is 14.8 Å². The first kappa shape index (κ1) is 18.1. The second-order valence-electron chi connectivity index (χ2n) is 7.09. The summed E-state index contributed by atoms with van der Waals surface area (Å²) in [5.74, 6) is 1.68. The number of hydrogen-bond acceptors (Lipinski definition) is 4. The van der Waals surface area contributed by atoms with Gasteiger partial charge in [0.05, 0.1) is 24.6 Å². The number of rotatable bonds is 3. The van der Waals surface area contributed by atoms with Gasteiger partial charge in [-0.25, -0.2) is 4.68 Å². The van der Waals surface area contributed by atoms with Gasteiger partial charge in [0.1, 0.15) is 5.82 Å². The average molecular weight is 377 g/mol. The highest BCUT2D eigenvalue weighted by molar-refractivity contribution is 6.04. The molecule has 6 nitrogen and oxygen atoms in total. The number of carbonyl (C=O) groups is 1. The molecule has 1 aliphatic rings. The minimum Gasteiger partial charge on any atom is -0.490 e. The summed E-state index contributed by atoms with van der Waals surface area (Å²) in [7, 11) is 0. The van der Waals surface area contributed by atoms with E-state index in [1.807, 2.05) is 39.0 Å². The first-order chi connectivity index (χ1) is 13.5. The molecule has 0 bridgehead atoms. The third-order valence-corrected chi connectivity index (χ3v) is 4.53. The van der Waals surface area contributed by atoms with Gasteiger partial charge in [-0.05, 0) is 62.2 Å². The lowest BCUT2D eigenvalue weighted by Crippen LogP contribution is -2.15. The summed E-state index contributed by atoms with van der Waals surface area (Å²) in [6, 6.07) is 13.3. The fraction of sp³-hybridized carbons (Fsp3) is 0.273. The molecule has 0 unspecified atom stereocenters. The van der Waals surface area contributed by atoms with Gasteiger partial charge in [0.15, 0.2) is 11.5 Å². The van der Waals surface area contributed by atoms with E-state index in [1.54, 1.807) is 22.9 Å². The number of carbonyl (C=O) groups excluding carboxylic acids is 1. The topological polar surface area (TPSA) is 65.4 Å². The lowest BCUT2D eigenvalue weighted by atomic mass is 10.1. The second kappa shape index (κ2) is 7.38. The fourth-order valence-corrected chi connectivity index (χ4v) is 3.35. The van der Waals surface area contributed by atoms with E-state index in [2.05, 4.69) is 16.5 Å². The molecule has 0 saturated heterocycles. The molecule has 1 amide bonds. The van der Waals surface area contributed by atoms with Gasteiger partial charge in [0.2, 0.25) is 0 Å². The van der Waals surface area contributed by atoms with Crippen LogP contribution in [0.2, 0.25) is 0 Å². The van der Waals surface area contributed by atoms with E-state index in [4.69, 9.17) is 9.47 Å². The number of aromatic nitrogens is 2. The smallest absolute Gasteiger partial charge is 0.256 e. The Morgan fingerprint density at radius 1 is 0.964 bits per heavy atom. The summed E-state index contributed by atoms with van der Waals surface area (Å²) in [4.78, 5) is 12.9. The predicted molar refractivity (Wildman–Crippen MR) is 108 cm³/mol. The molecule has 2 heterocycles. The summed E-state index contributed by atoms with van der Waals surface area (Å²) in [6.45, 7) is 7.19. The van der Waals surface area contributed by atoms with Crippen molar-refractivity contribution < 1.29 is 14.3 Å². The summed E-state index contributed by atoms with van der Waals surface area (Å²) in [5.41, 5.74) is 4.54. The van der Waals surface area contributed by atoms with E-state index in [-0.39, 0.29) is 5.91 Å². The van der Waals surface area contributed by atoms with Crippen LogP contribution in [0.5, 0.6) is 11.5 Å². The van der Waals surface area contributed by atoms with E-state index in [0.29, 0.717) is 36.1 Å². The van der Waals surface area contributed by atoms with Crippen LogP contribution in [-0.2, 0) is 0 Å². The lowest BCUT2D eigenvalue weighted by molar-refractivity contribution is 0.102. The third kappa shape index (κ3) is 3.71. The Morgan fingerprint density at radius 2 is 1.68 bits per heavy atom. The van der Waals surface area contributed by atoms with Gasteiger partial charge in [0.25, 0.3) is 5.91 Å². The Labute approximate surface area is 164 Å². The zero-order valence-corrected chi connectivity index (χ0v) is 16.3. The number of anilines is 1. The van der Waals surface area contributed by atoms with Gasteiger partial charge in [0, 0.05) is 18.1 Å². The molecule has 0 fully saturated rings. The van der Waals surface area contributed by atoms with Crippen LogP contribution in [0, 0.1) is 20.8 Å². The first-order valence-electron chi connectivity index (χ1n) is 9.36. The number of hydrogen-bond donors (Lipinski definition) is 1. The SMILES string of the molecule is Cc1cc(C)cc(-n2nc(C)cc2NC(=O)c2ccc3c(c2)OCCCO3)c1. The zero-order chi connectivity index (χ0) is 19.7. The van der Waals surface area contributed by atoms with Crippen LogP contribution in [0.25, 0.3) is 5.69 Å². The van der Waals surface area contributed by atoms with Crippen molar-refractivity contribution in [3.8, 4) is 17.2 Å². The molecule has 1 aliphatic heterocycles. The Morgan fingerprint density at radius 3 is 2.43 bits per heavy atom. The number of amides is 1. The second-order valence-corrected chi connectivity index (χ2v) is 7.09. The Balaban J connectivity index is 1.63. The van der Waals surface area contributed by atoms with E-state index < -0.39 is 0 Å². The van der Waals surface area contributed by atoms with Crippen LogP contribution in [0.15, 0.2) is 42.5 Å². The van der Waals surface area contributed by atoms with Crippen LogP contribution >= 0.6 is 0 Å². The monoisotopic (exact) mass is 377 g/mol. The van der Waals surface area contributed by atoms with E-state index in [0.717, 1.165) is 28.9 Å². The molecule has 0 saturated carbocycles. The van der Waals surface area contributed by atoms with Gasteiger partial charge in [-0.2, -0.15) is 5.10 Å². The van der Waals surface area contributed by atoms with E-state index >= 15 is 0 Å². The maximum absolute atomic E-state index is 12.9. The number of nitrogens with zero attached hydrogens (tertiary/aromatic N) is 2. The number of fused-ring (bicyclic) bond motifs is 1. The van der Waals surface area contributed by atoms with Crippen molar-refractivity contribution in [1.29, 1.82) is 0 Å². The molecular formula is C22H23N3O3. The van der Waals surface area contributed by atoms with Gasteiger partial charge in [-0.3, -0.25) is 4.79 Å². The summed E-state index contributed by atoms with van der Waals surface area (Å²) in [5, 5.41) is 7.52. The molecule has 2 aromatic carbocycles. The van der Waals surface area contributed by atoms with Crippen molar-refractivity contribution >= 4 is 11.7 Å². The molecule has 1 aromatic heterocycles. The fourth-order valence-electron chi connectivity index (χ4n) is 3.35. The summed E-state index contributed by atoms with van der Waals surface area (Å²) < 4.78 is 13.1. The molecule has 0 aliphatic carbocycles. The van der Waals surface area contributed by atoms with Crippen LogP contribution in [0.1, 0.15) is 33.6 Å². The van der Waals surface area contributed by atoms with E-state index in [9.17, 15) is 4.79 Å². The molecular weight excluding hydrogens is 354 g/mol. The highest BCUT2D eigenvalue weighted by atomic mass is 16.5. The lowest BCUT2D eigenvalue weighted by Gasteiger charge is -2.12. The predicted octanol–water partition coefficient (Wildman–Crippen LogP) is 4.21. The zero-order valence-electron chi connectivity index (χ0n) is 16.3. The van der Waals surface area contributed by atoms with Crippen molar-refractivity contribution in [1.82, 2.24) is 9.78 Å². The van der Waals surface area contributed by atoms with Crippen LogP contribution in [-0.4, -0.2) is 28.9 Å². The molecule has 144 valence electrons. The largest absolute Gasteiger partial charge is 0.490 e. The number of ether oxygens (including phenoxy) is 2. The van der Waals surface area contributed by atoms with Gasteiger partial charge in [-0.1, -0.05) is 6.07 Å². The van der Waals surface area contributed by atoms with Gasteiger partial charge in [-0.15, -0.1) is 0 Å². The number of benzene rings is 2. The summed E-state index contributed by atoms with van der Waals surface area (Å²) in [6.07, 6.45) is 0.824.